The Morgan fingerprint density at radius 3 is 2.35 bits per heavy atom. The molecule has 1 atom stereocenters. The third kappa shape index (κ3) is 3.97. The molecule has 0 saturated carbocycles. The van der Waals surface area contributed by atoms with E-state index in [1.807, 2.05) is 32.9 Å². The van der Waals surface area contributed by atoms with Gasteiger partial charge in [-0.05, 0) is 51.0 Å². The fourth-order valence-electron chi connectivity index (χ4n) is 2.53. The number of rotatable bonds is 5. The number of nitrogens with one attached hydrogen (secondary N) is 1. The van der Waals surface area contributed by atoms with Crippen molar-refractivity contribution in [3.05, 3.63) is 58.7 Å². The molecule has 0 unspecified atom stereocenters. The molecular formula is C19H21NO3. The number of benzene rings is 2. The summed E-state index contributed by atoms with van der Waals surface area (Å²) in [5, 5.41) is 2.91. The van der Waals surface area contributed by atoms with Gasteiger partial charge in [0.25, 0.3) is 5.91 Å². The normalized spacial score (nSPS) is 11.7. The molecule has 0 fully saturated rings. The monoisotopic (exact) mass is 311 g/mol. The van der Waals surface area contributed by atoms with Gasteiger partial charge in [-0.25, -0.2) is 0 Å². The first-order chi connectivity index (χ1) is 10.9. The second-order valence-electron chi connectivity index (χ2n) is 5.68. The zero-order chi connectivity index (χ0) is 17.0. The second-order valence-corrected chi connectivity index (χ2v) is 5.68. The molecule has 1 amide bonds. The number of para-hydroxylation sites is 1. The van der Waals surface area contributed by atoms with Crippen LogP contribution in [0.3, 0.4) is 0 Å². The van der Waals surface area contributed by atoms with E-state index >= 15 is 0 Å². The van der Waals surface area contributed by atoms with Crippen molar-refractivity contribution in [2.75, 3.05) is 5.32 Å². The van der Waals surface area contributed by atoms with Crippen molar-refractivity contribution in [2.45, 2.75) is 33.8 Å². The van der Waals surface area contributed by atoms with E-state index in [-0.39, 0.29) is 5.91 Å². The van der Waals surface area contributed by atoms with Gasteiger partial charge in [-0.1, -0.05) is 29.8 Å². The maximum absolute atomic E-state index is 12.4. The van der Waals surface area contributed by atoms with Crippen LogP contribution in [-0.2, 0) is 4.79 Å². The lowest BCUT2D eigenvalue weighted by atomic mass is 10.0. The molecular weight excluding hydrogens is 290 g/mol. The van der Waals surface area contributed by atoms with Gasteiger partial charge in [-0.15, -0.1) is 0 Å². The van der Waals surface area contributed by atoms with E-state index in [2.05, 4.69) is 5.32 Å². The molecule has 2 aromatic carbocycles. The summed E-state index contributed by atoms with van der Waals surface area (Å²) >= 11 is 0. The average molecular weight is 311 g/mol. The quantitative estimate of drug-likeness (QED) is 0.854. The maximum Gasteiger partial charge on any atom is 0.265 e. The third-order valence-electron chi connectivity index (χ3n) is 3.64. The van der Waals surface area contributed by atoms with Crippen molar-refractivity contribution >= 4 is 17.9 Å². The maximum atomic E-state index is 12.4. The molecule has 0 aliphatic carbocycles. The molecule has 0 radical (unpaired) electrons. The molecule has 0 spiro atoms. The zero-order valence-electron chi connectivity index (χ0n) is 13.8. The summed E-state index contributed by atoms with van der Waals surface area (Å²) in [5.74, 6) is 0.156. The number of carbonyl (C=O) groups is 2. The lowest BCUT2D eigenvalue weighted by Gasteiger charge is -2.18. The van der Waals surface area contributed by atoms with Crippen LogP contribution in [-0.4, -0.2) is 18.3 Å². The molecule has 4 nitrogen and oxygen atoms in total. The minimum Gasteiger partial charge on any atom is -0.480 e. The van der Waals surface area contributed by atoms with E-state index in [4.69, 9.17) is 4.74 Å². The van der Waals surface area contributed by atoms with Crippen molar-refractivity contribution in [2.24, 2.45) is 0 Å². The molecule has 0 aromatic heterocycles. The van der Waals surface area contributed by atoms with Crippen LogP contribution in [0.5, 0.6) is 5.75 Å². The summed E-state index contributed by atoms with van der Waals surface area (Å²) < 4.78 is 5.63. The molecule has 0 saturated heterocycles. The Morgan fingerprint density at radius 1 is 1.13 bits per heavy atom. The molecule has 1 N–H and O–H groups in total. The van der Waals surface area contributed by atoms with Gasteiger partial charge in [0, 0.05) is 5.69 Å². The van der Waals surface area contributed by atoms with Crippen LogP contribution >= 0.6 is 0 Å². The molecule has 0 bridgehead atoms. The average Bonchev–Trinajstić information content (AvgIpc) is 2.51. The molecule has 2 rings (SSSR count). The highest BCUT2D eigenvalue weighted by Crippen LogP contribution is 2.23. The van der Waals surface area contributed by atoms with Gasteiger partial charge in [-0.2, -0.15) is 0 Å². The first kappa shape index (κ1) is 16.7. The Labute approximate surface area is 136 Å². The third-order valence-corrected chi connectivity index (χ3v) is 3.64. The van der Waals surface area contributed by atoms with Gasteiger partial charge in [0.1, 0.15) is 5.75 Å². The number of amides is 1. The fraction of sp³-hybridized carbons (Fsp3) is 0.263. The van der Waals surface area contributed by atoms with E-state index in [9.17, 15) is 9.59 Å². The lowest BCUT2D eigenvalue weighted by Crippen LogP contribution is -2.31. The lowest BCUT2D eigenvalue weighted by molar-refractivity contribution is -0.122. The summed E-state index contributed by atoms with van der Waals surface area (Å²) in [7, 11) is 0. The Bertz CT molecular complexity index is 714. The van der Waals surface area contributed by atoms with Gasteiger partial charge in [-0.3, -0.25) is 9.59 Å². The van der Waals surface area contributed by atoms with Gasteiger partial charge >= 0.3 is 0 Å². The number of ether oxygens (including phenoxy) is 1. The van der Waals surface area contributed by atoms with E-state index in [1.165, 1.54) is 0 Å². The van der Waals surface area contributed by atoms with E-state index < -0.39 is 6.10 Å². The summed E-state index contributed by atoms with van der Waals surface area (Å²) in [4.78, 5) is 23.4. The summed E-state index contributed by atoms with van der Waals surface area (Å²) in [6.45, 7) is 7.61. The van der Waals surface area contributed by atoms with E-state index in [0.717, 1.165) is 22.4 Å². The Kier molecular flexibility index (Phi) is 5.16. The second kappa shape index (κ2) is 7.09. The molecule has 120 valence electrons. The molecule has 0 heterocycles. The predicted molar refractivity (Wildman–Crippen MR) is 91.2 cm³/mol. The topological polar surface area (TPSA) is 55.4 Å². The highest BCUT2D eigenvalue weighted by atomic mass is 16.5. The van der Waals surface area contributed by atoms with Crippen LogP contribution in [0.2, 0.25) is 0 Å². The summed E-state index contributed by atoms with van der Waals surface area (Å²) in [5.41, 5.74) is 4.41. The summed E-state index contributed by atoms with van der Waals surface area (Å²) in [6, 6.07) is 10.9. The standard InChI is InChI=1S/C19H21NO3/c1-12-9-13(2)18(14(3)10-12)20-19(22)15(4)23-17-8-6-5-7-16(17)11-21/h5-11,15H,1-4H3,(H,20,22)/t15-/m1/s1. The number of aryl methyl sites for hydroxylation is 3. The zero-order valence-corrected chi connectivity index (χ0v) is 13.8. The summed E-state index contributed by atoms with van der Waals surface area (Å²) in [6.07, 6.45) is 0.00465. The van der Waals surface area contributed by atoms with Crippen LogP contribution < -0.4 is 10.1 Å². The van der Waals surface area contributed by atoms with Crippen molar-refractivity contribution in [3.8, 4) is 5.75 Å². The molecule has 0 aliphatic heterocycles. The number of hydrogen-bond donors (Lipinski definition) is 1. The highest BCUT2D eigenvalue weighted by molar-refractivity contribution is 5.95. The van der Waals surface area contributed by atoms with Crippen molar-refractivity contribution < 1.29 is 14.3 Å². The number of hydrogen-bond acceptors (Lipinski definition) is 3. The molecule has 2 aromatic rings. The highest BCUT2D eigenvalue weighted by Gasteiger charge is 2.18. The Morgan fingerprint density at radius 2 is 1.74 bits per heavy atom. The first-order valence-corrected chi connectivity index (χ1v) is 7.52. The van der Waals surface area contributed by atoms with Gasteiger partial charge in [0.05, 0.1) is 5.56 Å². The minimum atomic E-state index is -0.712. The predicted octanol–water partition coefficient (Wildman–Crippen LogP) is 3.83. The fourth-order valence-corrected chi connectivity index (χ4v) is 2.53. The molecule has 0 aliphatic rings. The van der Waals surface area contributed by atoms with Crippen LogP contribution in [0.4, 0.5) is 5.69 Å². The minimum absolute atomic E-state index is 0.249. The van der Waals surface area contributed by atoms with Gasteiger partial charge in [0.15, 0.2) is 12.4 Å². The largest absolute Gasteiger partial charge is 0.480 e. The Balaban J connectivity index is 2.13. The van der Waals surface area contributed by atoms with E-state index in [0.29, 0.717) is 17.6 Å². The van der Waals surface area contributed by atoms with Crippen LogP contribution in [0, 0.1) is 20.8 Å². The van der Waals surface area contributed by atoms with Crippen LogP contribution in [0.1, 0.15) is 34.0 Å². The molecule has 4 heteroatoms. The van der Waals surface area contributed by atoms with Crippen LogP contribution in [0.25, 0.3) is 0 Å². The van der Waals surface area contributed by atoms with Crippen LogP contribution in [0.15, 0.2) is 36.4 Å². The number of anilines is 1. The van der Waals surface area contributed by atoms with E-state index in [1.54, 1.807) is 31.2 Å². The van der Waals surface area contributed by atoms with Gasteiger partial charge in [0.2, 0.25) is 0 Å². The SMILES string of the molecule is Cc1cc(C)c(NC(=O)[C@@H](C)Oc2ccccc2C=O)c(C)c1. The van der Waals surface area contributed by atoms with Crippen molar-refractivity contribution in [3.63, 3.8) is 0 Å². The Hall–Kier alpha value is -2.62. The van der Waals surface area contributed by atoms with Gasteiger partial charge < -0.3 is 10.1 Å². The molecule has 23 heavy (non-hydrogen) atoms. The van der Waals surface area contributed by atoms with Crippen molar-refractivity contribution in [1.29, 1.82) is 0 Å². The first-order valence-electron chi connectivity index (χ1n) is 7.52. The number of aldehydes is 1. The smallest absolute Gasteiger partial charge is 0.265 e. The number of carbonyl (C=O) groups excluding carboxylic acids is 2. The van der Waals surface area contributed by atoms with Crippen molar-refractivity contribution in [1.82, 2.24) is 0 Å².